The van der Waals surface area contributed by atoms with E-state index in [2.05, 4.69) is 4.98 Å². The van der Waals surface area contributed by atoms with E-state index in [1.807, 2.05) is 18.2 Å². The molecule has 3 rings (SSSR count). The Morgan fingerprint density at radius 2 is 2.00 bits per heavy atom. The molecule has 5 nitrogen and oxygen atoms in total. The number of benzene rings is 1. The van der Waals surface area contributed by atoms with Crippen molar-refractivity contribution in [1.82, 2.24) is 8.94 Å². The summed E-state index contributed by atoms with van der Waals surface area (Å²) in [7, 11) is 0. The van der Waals surface area contributed by atoms with Crippen LogP contribution in [0, 0.1) is 0 Å². The van der Waals surface area contributed by atoms with Crippen molar-refractivity contribution in [2.75, 3.05) is 0 Å². The van der Waals surface area contributed by atoms with Gasteiger partial charge in [-0.3, -0.25) is 4.79 Å². The zero-order chi connectivity index (χ0) is 13.4. The first-order valence-corrected chi connectivity index (χ1v) is 6.25. The SMILES string of the molecule is O=C(O)c1ccc(-n2sc3ccccc3c2=O)cn1. The van der Waals surface area contributed by atoms with Gasteiger partial charge in [-0.2, -0.15) is 0 Å². The third kappa shape index (κ3) is 1.92. The highest BCUT2D eigenvalue weighted by atomic mass is 32.1. The second-order valence-electron chi connectivity index (χ2n) is 3.89. The van der Waals surface area contributed by atoms with E-state index in [0.29, 0.717) is 11.1 Å². The zero-order valence-corrected chi connectivity index (χ0v) is 10.4. The summed E-state index contributed by atoms with van der Waals surface area (Å²) < 4.78 is 2.39. The van der Waals surface area contributed by atoms with Crippen LogP contribution in [-0.4, -0.2) is 20.0 Å². The van der Waals surface area contributed by atoms with E-state index >= 15 is 0 Å². The van der Waals surface area contributed by atoms with E-state index in [9.17, 15) is 9.59 Å². The largest absolute Gasteiger partial charge is 0.477 e. The van der Waals surface area contributed by atoms with Crippen LogP contribution in [-0.2, 0) is 0 Å². The molecule has 0 atom stereocenters. The minimum absolute atomic E-state index is 0.0436. The zero-order valence-electron chi connectivity index (χ0n) is 9.61. The fourth-order valence-corrected chi connectivity index (χ4v) is 2.76. The van der Waals surface area contributed by atoms with Gasteiger partial charge >= 0.3 is 5.97 Å². The Morgan fingerprint density at radius 1 is 1.21 bits per heavy atom. The highest BCUT2D eigenvalue weighted by Crippen LogP contribution is 2.19. The van der Waals surface area contributed by atoms with Gasteiger partial charge in [-0.1, -0.05) is 23.7 Å². The standard InChI is InChI=1S/C13H8N2O3S/c16-12-9-3-1-2-4-11(9)19-15(12)8-5-6-10(13(17)18)14-7-8/h1-7H,(H,17,18). The maximum Gasteiger partial charge on any atom is 0.354 e. The van der Waals surface area contributed by atoms with Gasteiger partial charge in [0, 0.05) is 0 Å². The van der Waals surface area contributed by atoms with Gasteiger partial charge < -0.3 is 5.11 Å². The van der Waals surface area contributed by atoms with Crippen molar-refractivity contribution in [2.45, 2.75) is 0 Å². The molecule has 0 fully saturated rings. The number of hydrogen-bond donors (Lipinski definition) is 1. The molecule has 0 bridgehead atoms. The summed E-state index contributed by atoms with van der Waals surface area (Å²) >= 11 is 1.31. The third-order valence-corrected chi connectivity index (χ3v) is 3.80. The normalized spacial score (nSPS) is 10.7. The van der Waals surface area contributed by atoms with Gasteiger partial charge in [0.15, 0.2) is 0 Å². The lowest BCUT2D eigenvalue weighted by atomic mass is 10.3. The van der Waals surface area contributed by atoms with E-state index in [-0.39, 0.29) is 11.3 Å². The summed E-state index contributed by atoms with van der Waals surface area (Å²) in [5, 5.41) is 9.43. The van der Waals surface area contributed by atoms with E-state index in [1.165, 1.54) is 27.8 Å². The number of pyridine rings is 1. The van der Waals surface area contributed by atoms with Crippen LogP contribution in [0.4, 0.5) is 0 Å². The Kier molecular flexibility index (Phi) is 2.64. The van der Waals surface area contributed by atoms with E-state index in [1.54, 1.807) is 12.1 Å². The quantitative estimate of drug-likeness (QED) is 0.775. The number of fused-ring (bicyclic) bond motifs is 1. The van der Waals surface area contributed by atoms with Crippen LogP contribution >= 0.6 is 11.5 Å². The average Bonchev–Trinajstić information content (AvgIpc) is 2.77. The van der Waals surface area contributed by atoms with Gasteiger partial charge in [-0.15, -0.1) is 0 Å². The fraction of sp³-hybridized carbons (Fsp3) is 0. The highest BCUT2D eigenvalue weighted by Gasteiger charge is 2.10. The van der Waals surface area contributed by atoms with Gasteiger partial charge in [0.25, 0.3) is 5.56 Å². The summed E-state index contributed by atoms with van der Waals surface area (Å²) in [5.74, 6) is -1.09. The molecule has 0 aliphatic rings. The number of carbonyl (C=O) groups is 1. The molecule has 6 heteroatoms. The van der Waals surface area contributed by atoms with E-state index in [4.69, 9.17) is 5.11 Å². The highest BCUT2D eigenvalue weighted by molar-refractivity contribution is 7.14. The molecule has 0 amide bonds. The maximum absolute atomic E-state index is 12.2. The van der Waals surface area contributed by atoms with E-state index < -0.39 is 5.97 Å². The number of carboxylic acids is 1. The predicted molar refractivity (Wildman–Crippen MR) is 72.2 cm³/mol. The number of carboxylic acid groups (broad SMARTS) is 1. The van der Waals surface area contributed by atoms with Crippen molar-refractivity contribution < 1.29 is 9.90 Å². The topological polar surface area (TPSA) is 72.2 Å². The maximum atomic E-state index is 12.2. The van der Waals surface area contributed by atoms with Crippen LogP contribution in [0.5, 0.6) is 0 Å². The Balaban J connectivity index is 2.16. The summed E-state index contributed by atoms with van der Waals surface area (Å²) in [6, 6.07) is 10.3. The first kappa shape index (κ1) is 11.6. The van der Waals surface area contributed by atoms with Crippen molar-refractivity contribution in [1.29, 1.82) is 0 Å². The Labute approximate surface area is 111 Å². The summed E-state index contributed by atoms with van der Waals surface area (Å²) in [4.78, 5) is 26.7. The molecule has 1 N–H and O–H groups in total. The molecule has 0 radical (unpaired) electrons. The van der Waals surface area contributed by atoms with Crippen LogP contribution < -0.4 is 5.56 Å². The third-order valence-electron chi connectivity index (χ3n) is 2.69. The molecule has 94 valence electrons. The van der Waals surface area contributed by atoms with Crippen LogP contribution in [0.3, 0.4) is 0 Å². The van der Waals surface area contributed by atoms with Crippen molar-refractivity contribution in [3.05, 3.63) is 58.6 Å². The number of rotatable bonds is 2. The van der Waals surface area contributed by atoms with Crippen molar-refractivity contribution in [3.8, 4) is 5.69 Å². The van der Waals surface area contributed by atoms with Gasteiger partial charge in [0.1, 0.15) is 5.69 Å². The first-order valence-electron chi connectivity index (χ1n) is 5.47. The lowest BCUT2D eigenvalue weighted by molar-refractivity contribution is 0.0690. The van der Waals surface area contributed by atoms with Crippen LogP contribution in [0.1, 0.15) is 10.5 Å². The second-order valence-corrected chi connectivity index (χ2v) is 4.88. The molecule has 0 saturated carbocycles. The van der Waals surface area contributed by atoms with Crippen molar-refractivity contribution in [3.63, 3.8) is 0 Å². The van der Waals surface area contributed by atoms with Crippen LogP contribution in [0.25, 0.3) is 15.8 Å². The molecule has 2 aromatic heterocycles. The van der Waals surface area contributed by atoms with Gasteiger partial charge in [0.05, 0.1) is 22.0 Å². The predicted octanol–water partition coefficient (Wildman–Crippen LogP) is 2.15. The Hall–Kier alpha value is -2.47. The molecular formula is C13H8N2O3S. The van der Waals surface area contributed by atoms with Gasteiger partial charge in [-0.05, 0) is 24.3 Å². The van der Waals surface area contributed by atoms with Crippen molar-refractivity contribution in [2.24, 2.45) is 0 Å². The van der Waals surface area contributed by atoms with Gasteiger partial charge in [0.2, 0.25) is 0 Å². The molecule has 3 aromatic rings. The van der Waals surface area contributed by atoms with Crippen molar-refractivity contribution >= 4 is 27.6 Å². The van der Waals surface area contributed by atoms with Crippen LogP contribution in [0.15, 0.2) is 47.4 Å². The summed E-state index contributed by atoms with van der Waals surface area (Å²) in [5.41, 5.74) is 0.402. The lowest BCUT2D eigenvalue weighted by Crippen LogP contribution is -2.11. The molecule has 1 aromatic carbocycles. The molecular weight excluding hydrogens is 264 g/mol. The monoisotopic (exact) mass is 272 g/mol. The first-order chi connectivity index (χ1) is 9.16. The fourth-order valence-electron chi connectivity index (χ4n) is 1.77. The molecule has 2 heterocycles. The van der Waals surface area contributed by atoms with Crippen LogP contribution in [0.2, 0.25) is 0 Å². The molecule has 19 heavy (non-hydrogen) atoms. The van der Waals surface area contributed by atoms with E-state index in [0.717, 1.165) is 4.70 Å². The minimum atomic E-state index is -1.09. The smallest absolute Gasteiger partial charge is 0.354 e. The summed E-state index contributed by atoms with van der Waals surface area (Å²) in [6.07, 6.45) is 1.39. The lowest BCUT2D eigenvalue weighted by Gasteiger charge is -1.99. The summed E-state index contributed by atoms with van der Waals surface area (Å²) in [6.45, 7) is 0. The minimum Gasteiger partial charge on any atom is -0.477 e. The number of aromatic carboxylic acids is 1. The Bertz CT molecular complexity index is 818. The number of hydrogen-bond acceptors (Lipinski definition) is 4. The molecule has 0 spiro atoms. The second kappa shape index (κ2) is 4.33. The number of nitrogens with zero attached hydrogens (tertiary/aromatic N) is 2. The molecule has 0 unspecified atom stereocenters. The number of aromatic nitrogens is 2. The average molecular weight is 272 g/mol. The molecule has 0 saturated heterocycles. The Morgan fingerprint density at radius 3 is 2.63 bits per heavy atom. The molecule has 0 aliphatic carbocycles. The molecule has 0 aliphatic heterocycles. The van der Waals surface area contributed by atoms with Gasteiger partial charge in [-0.25, -0.2) is 13.7 Å².